The minimum absolute atomic E-state index is 0.0374. The molecule has 0 saturated carbocycles. The number of carbonyl (C=O) groups excluding carboxylic acids is 2. The van der Waals surface area contributed by atoms with Crippen molar-refractivity contribution in [3.8, 4) is 5.75 Å². The third kappa shape index (κ3) is 3.05. The zero-order valence-corrected chi connectivity index (χ0v) is 14.0. The number of amides is 2. The summed E-state index contributed by atoms with van der Waals surface area (Å²) in [6.45, 7) is -0.482. The van der Waals surface area contributed by atoms with Gasteiger partial charge in [-0.25, -0.2) is 13.2 Å². The van der Waals surface area contributed by atoms with Crippen molar-refractivity contribution in [2.45, 2.75) is 18.8 Å². The first kappa shape index (κ1) is 17.6. The van der Waals surface area contributed by atoms with E-state index in [1.54, 1.807) is 7.05 Å². The molecule has 1 aromatic rings. The molecule has 1 atom stereocenters. The number of nitrogens with zero attached hydrogens (tertiary/aromatic N) is 2. The lowest BCUT2D eigenvalue weighted by Gasteiger charge is -2.42. The van der Waals surface area contributed by atoms with Gasteiger partial charge in [-0.15, -0.1) is 0 Å². The molecule has 0 unspecified atom stereocenters. The van der Waals surface area contributed by atoms with E-state index in [1.807, 2.05) is 0 Å². The lowest BCUT2D eigenvalue weighted by Crippen LogP contribution is -2.57. The van der Waals surface area contributed by atoms with Crippen LogP contribution in [0.3, 0.4) is 0 Å². The molecule has 0 N–H and O–H groups in total. The molecule has 1 spiro atoms. The molecule has 1 aromatic carbocycles. The van der Waals surface area contributed by atoms with E-state index in [-0.39, 0.29) is 30.2 Å². The Labute approximate surface area is 143 Å². The predicted molar refractivity (Wildman–Crippen MR) is 83.1 cm³/mol. The fourth-order valence-electron chi connectivity index (χ4n) is 3.74. The van der Waals surface area contributed by atoms with Crippen LogP contribution >= 0.6 is 0 Å². The summed E-state index contributed by atoms with van der Waals surface area (Å²) in [5.41, 5.74) is -1.32. The smallest absolute Gasteiger partial charge is 0.266 e. The maximum Gasteiger partial charge on any atom is 0.266 e. The summed E-state index contributed by atoms with van der Waals surface area (Å²) < 4.78 is 47.2. The number of halogens is 3. The average Bonchev–Trinajstić information content (AvgIpc) is 2.81. The quantitative estimate of drug-likeness (QED) is 0.816. The van der Waals surface area contributed by atoms with Gasteiger partial charge in [0.2, 0.25) is 5.91 Å². The topological polar surface area (TPSA) is 49.9 Å². The molecule has 0 bridgehead atoms. The number of hydrogen-bond acceptors (Lipinski definition) is 3. The molecule has 0 radical (unpaired) electrons. The number of alkyl halides is 2. The maximum atomic E-state index is 14.3. The molecule has 2 aliphatic rings. The van der Waals surface area contributed by atoms with Gasteiger partial charge in [0.25, 0.3) is 11.8 Å². The van der Waals surface area contributed by atoms with E-state index in [0.717, 1.165) is 11.0 Å². The number of piperidine rings is 1. The average molecular weight is 356 g/mol. The molecule has 0 aromatic heterocycles. The summed E-state index contributed by atoms with van der Waals surface area (Å²) in [4.78, 5) is 27.4. The Balaban J connectivity index is 1.89. The van der Waals surface area contributed by atoms with Crippen LogP contribution in [0.1, 0.15) is 23.2 Å². The van der Waals surface area contributed by atoms with Crippen molar-refractivity contribution >= 4 is 11.8 Å². The Bertz CT molecular complexity index is 725. The van der Waals surface area contributed by atoms with Crippen molar-refractivity contribution in [3.05, 3.63) is 29.6 Å². The van der Waals surface area contributed by atoms with E-state index in [0.29, 0.717) is 6.54 Å². The van der Waals surface area contributed by atoms with Gasteiger partial charge >= 0.3 is 0 Å². The van der Waals surface area contributed by atoms with Gasteiger partial charge in [0.1, 0.15) is 0 Å². The SMILES string of the molecule is COc1ccc(C(=O)N2CC(F)(F)C[C@]3(CCN(C)C3=O)C2)cc1F. The van der Waals surface area contributed by atoms with E-state index in [1.165, 1.54) is 24.1 Å². The highest BCUT2D eigenvalue weighted by molar-refractivity contribution is 5.95. The van der Waals surface area contributed by atoms with Crippen LogP contribution in [-0.4, -0.2) is 61.3 Å². The first-order valence-electron chi connectivity index (χ1n) is 7.94. The van der Waals surface area contributed by atoms with Gasteiger partial charge in [-0.05, 0) is 24.6 Å². The first-order chi connectivity index (χ1) is 11.7. The zero-order chi connectivity index (χ0) is 18.4. The van der Waals surface area contributed by atoms with Gasteiger partial charge in [-0.3, -0.25) is 9.59 Å². The third-order valence-corrected chi connectivity index (χ3v) is 4.92. The van der Waals surface area contributed by atoms with Crippen molar-refractivity contribution in [1.29, 1.82) is 0 Å². The predicted octanol–water partition coefficient (Wildman–Crippen LogP) is 2.16. The van der Waals surface area contributed by atoms with Crippen molar-refractivity contribution in [3.63, 3.8) is 0 Å². The molecule has 2 amide bonds. The van der Waals surface area contributed by atoms with Crippen molar-refractivity contribution in [1.82, 2.24) is 9.80 Å². The van der Waals surface area contributed by atoms with E-state index >= 15 is 0 Å². The fraction of sp³-hybridized carbons (Fsp3) is 0.529. The fourth-order valence-corrected chi connectivity index (χ4v) is 3.74. The number of methoxy groups -OCH3 is 1. The molecule has 2 fully saturated rings. The summed E-state index contributed by atoms with van der Waals surface area (Å²) >= 11 is 0. The number of likely N-dealkylation sites (tertiary alicyclic amines) is 2. The van der Waals surface area contributed by atoms with Crippen LogP contribution < -0.4 is 4.74 Å². The molecule has 8 heteroatoms. The van der Waals surface area contributed by atoms with E-state index < -0.39 is 36.0 Å². The van der Waals surface area contributed by atoms with Gasteiger partial charge in [-0.2, -0.15) is 0 Å². The highest BCUT2D eigenvalue weighted by atomic mass is 19.3. The Morgan fingerprint density at radius 2 is 2.00 bits per heavy atom. The summed E-state index contributed by atoms with van der Waals surface area (Å²) in [7, 11) is 2.85. The molecule has 0 aliphatic carbocycles. The maximum absolute atomic E-state index is 14.3. The van der Waals surface area contributed by atoms with Gasteiger partial charge in [0.15, 0.2) is 11.6 Å². The standard InChI is InChI=1S/C17H19F3N2O3/c1-21-6-5-16(15(21)24)8-17(19,20)10-22(9-16)14(23)11-3-4-13(25-2)12(18)7-11/h3-4,7H,5-6,8-10H2,1-2H3/t16-/m1/s1. The van der Waals surface area contributed by atoms with Crippen LogP contribution in [0.4, 0.5) is 13.2 Å². The largest absolute Gasteiger partial charge is 0.494 e. The van der Waals surface area contributed by atoms with Crippen LogP contribution in [-0.2, 0) is 4.79 Å². The summed E-state index contributed by atoms with van der Waals surface area (Å²) in [5.74, 6) is -5.04. The van der Waals surface area contributed by atoms with Crippen molar-refractivity contribution in [2.24, 2.45) is 5.41 Å². The van der Waals surface area contributed by atoms with Crippen molar-refractivity contribution in [2.75, 3.05) is 33.8 Å². The van der Waals surface area contributed by atoms with Crippen molar-refractivity contribution < 1.29 is 27.5 Å². The minimum atomic E-state index is -3.17. The number of benzene rings is 1. The molecule has 3 rings (SSSR count). The highest BCUT2D eigenvalue weighted by Gasteiger charge is 2.57. The summed E-state index contributed by atoms with van der Waals surface area (Å²) in [6.07, 6.45) is -0.289. The van der Waals surface area contributed by atoms with E-state index in [4.69, 9.17) is 4.74 Å². The van der Waals surface area contributed by atoms with Gasteiger partial charge < -0.3 is 14.5 Å². The summed E-state index contributed by atoms with van der Waals surface area (Å²) in [5, 5.41) is 0. The lowest BCUT2D eigenvalue weighted by atomic mass is 9.76. The lowest BCUT2D eigenvalue weighted by molar-refractivity contribution is -0.150. The normalized spacial score (nSPS) is 25.6. The molecule has 2 aliphatic heterocycles. The molecule has 2 saturated heterocycles. The molecule has 136 valence electrons. The van der Waals surface area contributed by atoms with E-state index in [2.05, 4.69) is 0 Å². The molecule has 25 heavy (non-hydrogen) atoms. The zero-order valence-electron chi connectivity index (χ0n) is 14.0. The Morgan fingerprint density at radius 3 is 2.56 bits per heavy atom. The van der Waals surface area contributed by atoms with Crippen LogP contribution in [0.25, 0.3) is 0 Å². The van der Waals surface area contributed by atoms with Crippen LogP contribution in [0.15, 0.2) is 18.2 Å². The Morgan fingerprint density at radius 1 is 1.28 bits per heavy atom. The number of carbonyl (C=O) groups is 2. The van der Waals surface area contributed by atoms with Crippen LogP contribution in [0.2, 0.25) is 0 Å². The van der Waals surface area contributed by atoms with E-state index in [9.17, 15) is 22.8 Å². The number of ether oxygens (including phenoxy) is 1. The minimum Gasteiger partial charge on any atom is -0.494 e. The number of rotatable bonds is 2. The van der Waals surface area contributed by atoms with Gasteiger partial charge in [0, 0.05) is 32.1 Å². The molecule has 2 heterocycles. The monoisotopic (exact) mass is 356 g/mol. The summed E-state index contributed by atoms with van der Waals surface area (Å²) in [6, 6.07) is 3.56. The van der Waals surface area contributed by atoms with Gasteiger partial charge in [-0.1, -0.05) is 0 Å². The molecular formula is C17H19F3N2O3. The second-order valence-corrected chi connectivity index (χ2v) is 6.80. The number of hydrogen-bond donors (Lipinski definition) is 0. The second kappa shape index (κ2) is 5.93. The third-order valence-electron chi connectivity index (χ3n) is 4.92. The molecular weight excluding hydrogens is 337 g/mol. The first-order valence-corrected chi connectivity index (χ1v) is 7.94. The van der Waals surface area contributed by atoms with Gasteiger partial charge in [0.05, 0.1) is 19.1 Å². The molecule has 5 nitrogen and oxygen atoms in total. The Kier molecular flexibility index (Phi) is 4.17. The second-order valence-electron chi connectivity index (χ2n) is 6.80. The van der Waals surface area contributed by atoms with Crippen LogP contribution in [0, 0.1) is 11.2 Å². The highest BCUT2D eigenvalue weighted by Crippen LogP contribution is 2.45. The Hall–Kier alpha value is -2.25. The van der Waals surface area contributed by atoms with Crippen LogP contribution in [0.5, 0.6) is 5.75 Å².